The van der Waals surface area contributed by atoms with Crippen molar-refractivity contribution < 1.29 is 17.6 Å². The first-order chi connectivity index (χ1) is 12.3. The molecular weight excluding hydrogens is 355 g/mol. The lowest BCUT2D eigenvalue weighted by Gasteiger charge is -2.42. The van der Waals surface area contributed by atoms with Gasteiger partial charge in [-0.25, -0.2) is 12.8 Å². The van der Waals surface area contributed by atoms with Crippen LogP contribution in [0.5, 0.6) is 0 Å². The second-order valence-corrected chi connectivity index (χ2v) is 9.40. The topological polar surface area (TPSA) is 57.7 Å². The summed E-state index contributed by atoms with van der Waals surface area (Å²) < 4.78 is 39.1. The molecule has 0 spiro atoms. The fourth-order valence-electron chi connectivity index (χ4n) is 4.28. The first-order valence-corrected chi connectivity index (χ1v) is 11.2. The van der Waals surface area contributed by atoms with Gasteiger partial charge in [0.25, 0.3) is 0 Å². The summed E-state index contributed by atoms with van der Waals surface area (Å²) in [5, 5.41) is 0. The van der Waals surface area contributed by atoms with Crippen LogP contribution in [0.2, 0.25) is 0 Å². The lowest BCUT2D eigenvalue weighted by Crippen LogP contribution is -2.50. The standard InChI is InChI=1S/C19H27FN2O3S/c1-26(24,25)22-10-3-2-7-18(22)16-8-11-21(12-9-16)19(23)14-15-5-4-6-17(20)13-15/h4-6,13,16,18H,2-3,7-12,14H2,1H3/t18-/m1/s1. The molecule has 1 aromatic carbocycles. The second kappa shape index (κ2) is 8.05. The van der Waals surface area contributed by atoms with Crippen LogP contribution in [0.15, 0.2) is 24.3 Å². The Morgan fingerprint density at radius 2 is 1.88 bits per heavy atom. The first kappa shape index (κ1) is 19.3. The lowest BCUT2D eigenvalue weighted by molar-refractivity contribution is -0.132. The predicted octanol–water partition coefficient (Wildman–Crippen LogP) is 2.42. The molecule has 0 unspecified atom stereocenters. The zero-order valence-electron chi connectivity index (χ0n) is 15.2. The minimum Gasteiger partial charge on any atom is -0.342 e. The zero-order valence-corrected chi connectivity index (χ0v) is 16.0. The lowest BCUT2D eigenvalue weighted by atomic mass is 9.85. The third-order valence-electron chi connectivity index (χ3n) is 5.61. The van der Waals surface area contributed by atoms with Gasteiger partial charge in [-0.05, 0) is 49.3 Å². The van der Waals surface area contributed by atoms with Crippen molar-refractivity contribution >= 4 is 15.9 Å². The van der Waals surface area contributed by atoms with Gasteiger partial charge >= 0.3 is 0 Å². The molecule has 2 aliphatic rings. The maximum Gasteiger partial charge on any atom is 0.226 e. The van der Waals surface area contributed by atoms with E-state index in [0.717, 1.165) is 32.1 Å². The van der Waals surface area contributed by atoms with Gasteiger partial charge in [-0.3, -0.25) is 4.79 Å². The minimum atomic E-state index is -3.18. The van der Waals surface area contributed by atoms with Gasteiger partial charge in [-0.15, -0.1) is 0 Å². The van der Waals surface area contributed by atoms with Crippen LogP contribution in [0.4, 0.5) is 4.39 Å². The Morgan fingerprint density at radius 1 is 1.15 bits per heavy atom. The summed E-state index contributed by atoms with van der Waals surface area (Å²) in [7, 11) is -3.18. The molecule has 26 heavy (non-hydrogen) atoms. The van der Waals surface area contributed by atoms with Gasteiger partial charge in [0.05, 0.1) is 12.7 Å². The third-order valence-corrected chi connectivity index (χ3v) is 6.91. The van der Waals surface area contributed by atoms with Crippen molar-refractivity contribution in [3.63, 3.8) is 0 Å². The van der Waals surface area contributed by atoms with E-state index in [9.17, 15) is 17.6 Å². The molecule has 7 heteroatoms. The predicted molar refractivity (Wildman–Crippen MR) is 98.6 cm³/mol. The van der Waals surface area contributed by atoms with E-state index in [4.69, 9.17) is 0 Å². The summed E-state index contributed by atoms with van der Waals surface area (Å²) >= 11 is 0. The summed E-state index contributed by atoms with van der Waals surface area (Å²) in [5.74, 6) is -0.00641. The van der Waals surface area contributed by atoms with Crippen LogP contribution < -0.4 is 0 Å². The molecule has 0 aromatic heterocycles. The van der Waals surface area contributed by atoms with E-state index in [0.29, 0.717) is 31.1 Å². The van der Waals surface area contributed by atoms with E-state index in [2.05, 4.69) is 0 Å². The van der Waals surface area contributed by atoms with E-state index in [-0.39, 0.29) is 24.2 Å². The molecule has 5 nitrogen and oxygen atoms in total. The van der Waals surface area contributed by atoms with Crippen molar-refractivity contribution in [2.75, 3.05) is 25.9 Å². The van der Waals surface area contributed by atoms with Crippen molar-refractivity contribution in [2.45, 2.75) is 44.6 Å². The highest BCUT2D eigenvalue weighted by molar-refractivity contribution is 7.88. The van der Waals surface area contributed by atoms with Gasteiger partial charge in [0.2, 0.25) is 15.9 Å². The molecule has 2 heterocycles. The van der Waals surface area contributed by atoms with Crippen LogP contribution in [0.25, 0.3) is 0 Å². The van der Waals surface area contributed by atoms with Gasteiger partial charge in [-0.1, -0.05) is 18.6 Å². The SMILES string of the molecule is CS(=O)(=O)N1CCCC[C@@H]1C1CCN(C(=O)Cc2cccc(F)c2)CC1. The van der Waals surface area contributed by atoms with Crippen LogP contribution >= 0.6 is 0 Å². The molecule has 0 N–H and O–H groups in total. The monoisotopic (exact) mass is 382 g/mol. The van der Waals surface area contributed by atoms with Crippen molar-refractivity contribution in [3.05, 3.63) is 35.6 Å². The summed E-state index contributed by atoms with van der Waals surface area (Å²) in [6.07, 6.45) is 6.06. The molecular formula is C19H27FN2O3S. The molecule has 1 aromatic rings. The molecule has 0 saturated carbocycles. The highest BCUT2D eigenvalue weighted by Crippen LogP contribution is 2.32. The van der Waals surface area contributed by atoms with E-state index in [1.54, 1.807) is 16.4 Å². The van der Waals surface area contributed by atoms with Crippen LogP contribution in [0.3, 0.4) is 0 Å². The van der Waals surface area contributed by atoms with E-state index in [1.807, 2.05) is 4.90 Å². The first-order valence-electron chi connectivity index (χ1n) is 9.33. The number of carbonyl (C=O) groups excluding carboxylic acids is 1. The average molecular weight is 383 g/mol. The highest BCUT2D eigenvalue weighted by atomic mass is 32.2. The van der Waals surface area contributed by atoms with Crippen molar-refractivity contribution in [1.82, 2.24) is 9.21 Å². The van der Waals surface area contributed by atoms with Gasteiger partial charge in [0, 0.05) is 25.7 Å². The number of hydrogen-bond acceptors (Lipinski definition) is 3. The van der Waals surface area contributed by atoms with E-state index < -0.39 is 10.0 Å². The Morgan fingerprint density at radius 3 is 2.54 bits per heavy atom. The smallest absolute Gasteiger partial charge is 0.226 e. The molecule has 144 valence electrons. The Balaban J connectivity index is 1.57. The Kier molecular flexibility index (Phi) is 5.97. The van der Waals surface area contributed by atoms with Crippen LogP contribution in [0.1, 0.15) is 37.7 Å². The van der Waals surface area contributed by atoms with Gasteiger partial charge in [0.15, 0.2) is 0 Å². The number of carbonyl (C=O) groups is 1. The second-order valence-electron chi connectivity index (χ2n) is 7.46. The van der Waals surface area contributed by atoms with Gasteiger partial charge in [-0.2, -0.15) is 4.31 Å². The highest BCUT2D eigenvalue weighted by Gasteiger charge is 2.37. The molecule has 1 atom stereocenters. The fourth-order valence-corrected chi connectivity index (χ4v) is 5.51. The maximum absolute atomic E-state index is 13.3. The molecule has 3 rings (SSSR count). The largest absolute Gasteiger partial charge is 0.342 e. The number of likely N-dealkylation sites (tertiary alicyclic amines) is 1. The molecule has 0 radical (unpaired) electrons. The van der Waals surface area contributed by atoms with E-state index in [1.165, 1.54) is 18.4 Å². The number of hydrogen-bond donors (Lipinski definition) is 0. The summed E-state index contributed by atoms with van der Waals surface area (Å²) in [6.45, 7) is 1.90. The summed E-state index contributed by atoms with van der Waals surface area (Å²) in [4.78, 5) is 14.3. The molecule has 2 fully saturated rings. The number of piperidine rings is 2. The van der Waals surface area contributed by atoms with Crippen molar-refractivity contribution in [2.24, 2.45) is 5.92 Å². The number of halogens is 1. The zero-order chi connectivity index (χ0) is 18.7. The molecule has 2 aliphatic heterocycles. The number of amides is 1. The number of nitrogens with zero attached hydrogens (tertiary/aromatic N) is 2. The van der Waals surface area contributed by atoms with Crippen LogP contribution in [0, 0.1) is 11.7 Å². The van der Waals surface area contributed by atoms with Gasteiger partial charge < -0.3 is 4.90 Å². The third kappa shape index (κ3) is 4.62. The molecule has 2 saturated heterocycles. The normalized spacial score (nSPS) is 23.2. The van der Waals surface area contributed by atoms with Crippen molar-refractivity contribution in [1.29, 1.82) is 0 Å². The average Bonchev–Trinajstić information content (AvgIpc) is 2.61. The number of sulfonamides is 1. The molecule has 0 bridgehead atoms. The fraction of sp³-hybridized carbons (Fsp3) is 0.632. The number of benzene rings is 1. The molecule has 0 aliphatic carbocycles. The van der Waals surface area contributed by atoms with Gasteiger partial charge in [0.1, 0.15) is 5.82 Å². The quantitative estimate of drug-likeness (QED) is 0.804. The number of rotatable bonds is 4. The Bertz CT molecular complexity index is 745. The minimum absolute atomic E-state index is 0.0117. The summed E-state index contributed by atoms with van der Waals surface area (Å²) in [5.41, 5.74) is 0.688. The molecule has 1 amide bonds. The summed E-state index contributed by atoms with van der Waals surface area (Å²) in [6, 6.07) is 6.22. The Labute approximate surface area is 155 Å². The Hall–Kier alpha value is -1.47. The van der Waals surface area contributed by atoms with Crippen LogP contribution in [-0.2, 0) is 21.2 Å². The van der Waals surface area contributed by atoms with Crippen LogP contribution in [-0.4, -0.2) is 55.5 Å². The maximum atomic E-state index is 13.3. The van der Waals surface area contributed by atoms with E-state index >= 15 is 0 Å². The van der Waals surface area contributed by atoms with Crippen molar-refractivity contribution in [3.8, 4) is 0 Å².